The Labute approximate surface area is 92.8 Å². The van der Waals surface area contributed by atoms with Crippen LogP contribution in [0.2, 0.25) is 0 Å². The van der Waals surface area contributed by atoms with Gasteiger partial charge >= 0.3 is 0 Å². The highest BCUT2D eigenvalue weighted by Gasteiger charge is 2.25. The number of hydrogen-bond acceptors (Lipinski definition) is 4. The lowest BCUT2D eigenvalue weighted by molar-refractivity contribution is 0.145. The van der Waals surface area contributed by atoms with Crippen LogP contribution in [-0.4, -0.2) is 27.7 Å². The van der Waals surface area contributed by atoms with Crippen LogP contribution in [0.4, 0.5) is 0 Å². The molecule has 1 aromatic heterocycles. The molecule has 1 saturated heterocycles. The molecule has 4 heteroatoms. The highest BCUT2D eigenvalue weighted by molar-refractivity contribution is 7.99. The fourth-order valence-corrected chi connectivity index (χ4v) is 3.88. The molecule has 2 rings (SSSR count). The maximum absolute atomic E-state index is 9.65. The van der Waals surface area contributed by atoms with Gasteiger partial charge in [-0.2, -0.15) is 11.8 Å². The van der Waals surface area contributed by atoms with Crippen molar-refractivity contribution in [1.29, 1.82) is 0 Å². The van der Waals surface area contributed by atoms with E-state index in [0.29, 0.717) is 5.92 Å². The molecule has 2 atom stereocenters. The number of thioether (sulfide) groups is 1. The number of aromatic nitrogens is 1. The van der Waals surface area contributed by atoms with Gasteiger partial charge in [-0.05, 0) is 31.4 Å². The van der Waals surface area contributed by atoms with Crippen LogP contribution in [0.1, 0.15) is 17.0 Å². The van der Waals surface area contributed by atoms with Crippen molar-refractivity contribution in [3.05, 3.63) is 16.1 Å². The fraction of sp³-hybridized carbons (Fsp3) is 0.700. The zero-order chi connectivity index (χ0) is 9.97. The molecule has 2 unspecified atom stereocenters. The van der Waals surface area contributed by atoms with Gasteiger partial charge in [-0.1, -0.05) is 0 Å². The van der Waals surface area contributed by atoms with Gasteiger partial charge in [0.25, 0.3) is 0 Å². The zero-order valence-corrected chi connectivity index (χ0v) is 9.90. The van der Waals surface area contributed by atoms with E-state index in [1.165, 1.54) is 4.88 Å². The van der Waals surface area contributed by atoms with Gasteiger partial charge in [0.05, 0.1) is 17.3 Å². The summed E-state index contributed by atoms with van der Waals surface area (Å²) in [7, 11) is 0. The molecule has 0 spiro atoms. The van der Waals surface area contributed by atoms with Crippen molar-refractivity contribution in [2.24, 2.45) is 5.92 Å². The Morgan fingerprint density at radius 2 is 2.43 bits per heavy atom. The van der Waals surface area contributed by atoms with E-state index < -0.39 is 0 Å². The van der Waals surface area contributed by atoms with Crippen LogP contribution in [0, 0.1) is 12.8 Å². The smallest absolute Gasteiger partial charge is 0.0797 e. The molecule has 1 fully saturated rings. The first-order valence-corrected chi connectivity index (χ1v) is 6.95. The lowest BCUT2D eigenvalue weighted by atomic mass is 9.99. The second-order valence-corrected chi connectivity index (χ2v) is 5.78. The Morgan fingerprint density at radius 3 is 3.00 bits per heavy atom. The number of aryl methyl sites for hydroxylation is 2. The molecule has 0 amide bonds. The first-order chi connectivity index (χ1) is 6.77. The molecule has 0 saturated carbocycles. The van der Waals surface area contributed by atoms with Gasteiger partial charge in [0.1, 0.15) is 0 Å². The minimum atomic E-state index is -0.0757. The average molecular weight is 229 g/mol. The summed E-state index contributed by atoms with van der Waals surface area (Å²) in [6.07, 6.45) is 2.11. The topological polar surface area (TPSA) is 33.1 Å². The van der Waals surface area contributed by atoms with E-state index in [-0.39, 0.29) is 6.10 Å². The van der Waals surface area contributed by atoms with Gasteiger partial charge in [0.2, 0.25) is 0 Å². The largest absolute Gasteiger partial charge is 0.392 e. The number of rotatable bonds is 3. The van der Waals surface area contributed by atoms with Crippen LogP contribution in [0.5, 0.6) is 0 Å². The Bertz CT molecular complexity index is 300. The van der Waals surface area contributed by atoms with Crippen LogP contribution in [0.25, 0.3) is 0 Å². The molecule has 1 aliphatic heterocycles. The van der Waals surface area contributed by atoms with Gasteiger partial charge < -0.3 is 5.11 Å². The van der Waals surface area contributed by atoms with E-state index in [1.807, 2.05) is 17.3 Å². The summed E-state index contributed by atoms with van der Waals surface area (Å²) < 4.78 is 0. The van der Waals surface area contributed by atoms with Crippen LogP contribution in [0.15, 0.2) is 5.51 Å². The average Bonchev–Trinajstić information content (AvgIpc) is 2.72. The summed E-state index contributed by atoms with van der Waals surface area (Å²) in [6, 6.07) is 0. The monoisotopic (exact) mass is 229 g/mol. The highest BCUT2D eigenvalue weighted by Crippen LogP contribution is 2.28. The molecule has 0 bridgehead atoms. The Balaban J connectivity index is 1.85. The number of aliphatic hydroxyl groups is 1. The highest BCUT2D eigenvalue weighted by atomic mass is 32.2. The van der Waals surface area contributed by atoms with E-state index in [4.69, 9.17) is 0 Å². The summed E-state index contributed by atoms with van der Waals surface area (Å²) in [5.74, 6) is 2.55. The SMILES string of the molecule is Cc1ncsc1CCC1CSCC1O. The molecule has 2 nitrogen and oxygen atoms in total. The van der Waals surface area contributed by atoms with Crippen molar-refractivity contribution < 1.29 is 5.11 Å². The third kappa shape index (κ3) is 2.30. The molecule has 1 aliphatic rings. The molecule has 0 aliphatic carbocycles. The van der Waals surface area contributed by atoms with Gasteiger partial charge in [-0.15, -0.1) is 11.3 Å². The van der Waals surface area contributed by atoms with Gasteiger partial charge in [0.15, 0.2) is 0 Å². The zero-order valence-electron chi connectivity index (χ0n) is 8.27. The molecule has 78 valence electrons. The normalized spacial score (nSPS) is 27.0. The lowest BCUT2D eigenvalue weighted by Crippen LogP contribution is -2.18. The van der Waals surface area contributed by atoms with Crippen LogP contribution in [-0.2, 0) is 6.42 Å². The predicted molar refractivity (Wildman–Crippen MR) is 62.0 cm³/mol. The molecule has 2 heterocycles. The van der Waals surface area contributed by atoms with Crippen molar-refractivity contribution in [3.8, 4) is 0 Å². The third-order valence-corrected chi connectivity index (χ3v) is 4.99. The molecular formula is C10H15NOS2. The van der Waals surface area contributed by atoms with E-state index >= 15 is 0 Å². The Kier molecular flexibility index (Phi) is 3.47. The van der Waals surface area contributed by atoms with Gasteiger partial charge in [0, 0.05) is 10.6 Å². The molecule has 0 radical (unpaired) electrons. The summed E-state index contributed by atoms with van der Waals surface area (Å²) in [5.41, 5.74) is 3.07. The van der Waals surface area contributed by atoms with Crippen LogP contribution >= 0.6 is 23.1 Å². The number of nitrogens with zero attached hydrogens (tertiary/aromatic N) is 1. The second-order valence-electron chi connectivity index (χ2n) is 3.76. The van der Waals surface area contributed by atoms with E-state index in [9.17, 15) is 5.11 Å². The minimum Gasteiger partial charge on any atom is -0.392 e. The van der Waals surface area contributed by atoms with Crippen molar-refractivity contribution >= 4 is 23.1 Å². The van der Waals surface area contributed by atoms with E-state index in [0.717, 1.165) is 30.0 Å². The van der Waals surface area contributed by atoms with Crippen LogP contribution < -0.4 is 0 Å². The lowest BCUT2D eigenvalue weighted by Gasteiger charge is -2.12. The molecule has 1 N–H and O–H groups in total. The Hall–Kier alpha value is -0.0600. The first-order valence-electron chi connectivity index (χ1n) is 4.92. The number of aliphatic hydroxyl groups excluding tert-OH is 1. The van der Waals surface area contributed by atoms with Crippen molar-refractivity contribution in [3.63, 3.8) is 0 Å². The second kappa shape index (κ2) is 4.64. The minimum absolute atomic E-state index is 0.0757. The van der Waals surface area contributed by atoms with Crippen molar-refractivity contribution in [2.75, 3.05) is 11.5 Å². The fourth-order valence-electron chi connectivity index (χ4n) is 1.75. The third-order valence-electron chi connectivity index (χ3n) is 2.75. The van der Waals surface area contributed by atoms with E-state index in [1.54, 1.807) is 11.3 Å². The molecule has 1 aromatic rings. The number of hydrogen-bond donors (Lipinski definition) is 1. The van der Waals surface area contributed by atoms with Crippen molar-refractivity contribution in [2.45, 2.75) is 25.9 Å². The maximum atomic E-state index is 9.65. The van der Waals surface area contributed by atoms with Crippen LogP contribution in [0.3, 0.4) is 0 Å². The van der Waals surface area contributed by atoms with Gasteiger partial charge in [-0.3, -0.25) is 0 Å². The maximum Gasteiger partial charge on any atom is 0.0797 e. The van der Waals surface area contributed by atoms with E-state index in [2.05, 4.69) is 11.9 Å². The first kappa shape index (κ1) is 10.5. The quantitative estimate of drug-likeness (QED) is 0.861. The van der Waals surface area contributed by atoms with Gasteiger partial charge in [-0.25, -0.2) is 4.98 Å². The summed E-state index contributed by atoms with van der Waals surface area (Å²) in [5, 5.41) is 9.65. The number of thiazole rings is 1. The predicted octanol–water partition coefficient (Wildman–Crippen LogP) is 2.11. The summed E-state index contributed by atoms with van der Waals surface area (Å²) in [6.45, 7) is 2.06. The molecule has 0 aromatic carbocycles. The molecule has 14 heavy (non-hydrogen) atoms. The summed E-state index contributed by atoms with van der Waals surface area (Å²) in [4.78, 5) is 5.62. The molecular weight excluding hydrogens is 214 g/mol. The standard InChI is InChI=1S/C10H15NOS2/c1-7-10(14-6-11-7)3-2-8-4-13-5-9(8)12/h6,8-9,12H,2-5H2,1H3. The summed E-state index contributed by atoms with van der Waals surface area (Å²) >= 11 is 3.60. The van der Waals surface area contributed by atoms with Crippen molar-refractivity contribution in [1.82, 2.24) is 4.98 Å². The Morgan fingerprint density at radius 1 is 1.57 bits per heavy atom.